The predicted octanol–water partition coefficient (Wildman–Crippen LogP) is 3.15. The van der Waals surface area contributed by atoms with Gasteiger partial charge in [0, 0.05) is 47.0 Å². The average Bonchev–Trinajstić information content (AvgIpc) is 2.54. The van der Waals surface area contributed by atoms with E-state index in [0.29, 0.717) is 0 Å². The zero-order valence-corrected chi connectivity index (χ0v) is 12.4. The Labute approximate surface area is 130 Å². The van der Waals surface area contributed by atoms with Gasteiger partial charge in [0.1, 0.15) is 0 Å². The zero-order valence-electron chi connectivity index (χ0n) is 12.4. The Kier molecular flexibility index (Phi) is 3.39. The van der Waals surface area contributed by atoms with E-state index in [2.05, 4.69) is 54.6 Å². The third-order valence-corrected chi connectivity index (χ3v) is 3.96. The van der Waals surface area contributed by atoms with E-state index in [9.17, 15) is 0 Å². The van der Waals surface area contributed by atoms with Crippen molar-refractivity contribution >= 4 is 0 Å². The molecule has 0 unspecified atom stereocenters. The van der Waals surface area contributed by atoms with Crippen molar-refractivity contribution in [3.05, 3.63) is 88.8 Å². The number of aryl methyl sites for hydroxylation is 2. The number of aromatic nitrogens is 3. The first-order valence-corrected chi connectivity index (χ1v) is 7.70. The van der Waals surface area contributed by atoms with Gasteiger partial charge < -0.3 is 0 Å². The molecule has 0 atom stereocenters. The zero-order chi connectivity index (χ0) is 14.8. The van der Waals surface area contributed by atoms with Gasteiger partial charge in [0.05, 0.1) is 0 Å². The van der Waals surface area contributed by atoms with E-state index >= 15 is 0 Å². The van der Waals surface area contributed by atoms with Crippen LogP contribution in [0.5, 0.6) is 0 Å². The van der Waals surface area contributed by atoms with Crippen LogP contribution in [-0.2, 0) is 25.7 Å². The molecule has 22 heavy (non-hydrogen) atoms. The number of rotatable bonds is 0. The number of fused-ring (bicyclic) bond motifs is 6. The lowest BCUT2D eigenvalue weighted by Crippen LogP contribution is -2.00. The molecule has 0 aliphatic carbocycles. The summed E-state index contributed by atoms with van der Waals surface area (Å²) in [6, 6.07) is 18.7. The van der Waals surface area contributed by atoms with E-state index in [1.165, 1.54) is 0 Å². The lowest BCUT2D eigenvalue weighted by Gasteiger charge is -2.05. The molecule has 3 heteroatoms. The van der Waals surface area contributed by atoms with Crippen LogP contribution >= 0.6 is 0 Å². The molecule has 4 rings (SSSR count). The maximum absolute atomic E-state index is 4.76. The fraction of sp³-hybridized carbons (Fsp3) is 0.211. The Bertz CT molecular complexity index is 746. The molecule has 108 valence electrons. The summed E-state index contributed by atoms with van der Waals surface area (Å²) in [4.78, 5) is 14.3. The number of hydrogen-bond donors (Lipinski definition) is 0. The number of pyridine rings is 3. The van der Waals surface area contributed by atoms with E-state index in [-0.39, 0.29) is 0 Å². The maximum Gasteiger partial charge on any atom is 0.0466 e. The summed E-state index contributed by atoms with van der Waals surface area (Å²) in [7, 11) is 0. The smallest absolute Gasteiger partial charge is 0.0466 e. The minimum atomic E-state index is 0.784. The number of nitrogens with zero attached hydrogens (tertiary/aromatic N) is 3. The van der Waals surface area contributed by atoms with Crippen molar-refractivity contribution in [2.75, 3.05) is 0 Å². The Morgan fingerprint density at radius 3 is 1.18 bits per heavy atom. The Morgan fingerprint density at radius 2 is 0.773 bits per heavy atom. The Hall–Kier alpha value is -2.55. The Balaban J connectivity index is 1.80. The van der Waals surface area contributed by atoms with Crippen molar-refractivity contribution in [1.29, 1.82) is 0 Å². The van der Waals surface area contributed by atoms with Gasteiger partial charge in [0.25, 0.3) is 0 Å². The lowest BCUT2D eigenvalue weighted by molar-refractivity contribution is 0.856. The molecule has 3 aromatic rings. The molecule has 3 nitrogen and oxygen atoms in total. The van der Waals surface area contributed by atoms with Gasteiger partial charge in [-0.1, -0.05) is 18.2 Å². The first-order chi connectivity index (χ1) is 10.8. The van der Waals surface area contributed by atoms with Gasteiger partial charge in [0.15, 0.2) is 0 Å². The third-order valence-electron chi connectivity index (χ3n) is 3.96. The van der Waals surface area contributed by atoms with Gasteiger partial charge >= 0.3 is 0 Å². The third kappa shape index (κ3) is 2.89. The molecule has 6 bridgehead atoms. The highest BCUT2D eigenvalue weighted by Crippen LogP contribution is 2.13. The molecule has 0 N–H and O–H groups in total. The largest absolute Gasteiger partial charge is 0.257 e. The molecule has 4 heterocycles. The lowest BCUT2D eigenvalue weighted by atomic mass is 10.1. The van der Waals surface area contributed by atoms with E-state index in [1.54, 1.807) is 0 Å². The van der Waals surface area contributed by atoms with E-state index in [1.807, 2.05) is 0 Å². The average molecular weight is 287 g/mol. The molecule has 1 aliphatic rings. The van der Waals surface area contributed by atoms with Crippen LogP contribution in [0.1, 0.15) is 34.2 Å². The minimum absolute atomic E-state index is 0.784. The molecule has 3 aromatic heterocycles. The molecule has 0 fully saturated rings. The summed E-state index contributed by atoms with van der Waals surface area (Å²) >= 11 is 0. The van der Waals surface area contributed by atoms with Crippen LogP contribution in [0, 0.1) is 0 Å². The van der Waals surface area contributed by atoms with Crippen LogP contribution in [0.25, 0.3) is 0 Å². The van der Waals surface area contributed by atoms with Crippen molar-refractivity contribution in [3.63, 3.8) is 0 Å². The molecule has 1 aliphatic heterocycles. The van der Waals surface area contributed by atoms with Crippen LogP contribution in [-0.4, -0.2) is 15.0 Å². The molecule has 0 aromatic carbocycles. The molecular formula is C19H17N3. The minimum Gasteiger partial charge on any atom is -0.257 e. The standard InChI is InChI=1S/C19H17N3/c1-4-14-10-11-15-5-2-7-17(21-15)13-19-9-3-8-18(22-19)12-16(6-1)20-14/h1-9H,10-13H2. The second kappa shape index (κ2) is 5.68. The van der Waals surface area contributed by atoms with E-state index < -0.39 is 0 Å². The van der Waals surface area contributed by atoms with Crippen molar-refractivity contribution < 1.29 is 0 Å². The van der Waals surface area contributed by atoms with E-state index in [0.717, 1.165) is 59.8 Å². The topological polar surface area (TPSA) is 38.7 Å². The molecular weight excluding hydrogens is 270 g/mol. The summed E-state index contributed by atoms with van der Waals surface area (Å²) in [5, 5.41) is 0. The van der Waals surface area contributed by atoms with Crippen molar-refractivity contribution in [3.8, 4) is 0 Å². The summed E-state index contributed by atoms with van der Waals surface area (Å²) in [5.74, 6) is 0. The maximum atomic E-state index is 4.76. The van der Waals surface area contributed by atoms with E-state index in [4.69, 9.17) is 15.0 Å². The monoisotopic (exact) mass is 287 g/mol. The second-order valence-electron chi connectivity index (χ2n) is 5.71. The van der Waals surface area contributed by atoms with Crippen LogP contribution < -0.4 is 0 Å². The molecule has 0 spiro atoms. The quantitative estimate of drug-likeness (QED) is 0.637. The van der Waals surface area contributed by atoms with Crippen molar-refractivity contribution in [2.24, 2.45) is 0 Å². The molecule has 0 saturated carbocycles. The summed E-state index contributed by atoms with van der Waals surface area (Å²) in [6.07, 6.45) is 3.42. The van der Waals surface area contributed by atoms with Gasteiger partial charge in [-0.2, -0.15) is 0 Å². The van der Waals surface area contributed by atoms with Crippen LogP contribution in [0.2, 0.25) is 0 Å². The van der Waals surface area contributed by atoms with Crippen molar-refractivity contribution in [2.45, 2.75) is 25.7 Å². The second-order valence-corrected chi connectivity index (χ2v) is 5.71. The SMILES string of the molecule is c1cc2nc(c1)Cc1cccc(n1)Cc1cccc(n1)CC2. The number of hydrogen-bond acceptors (Lipinski definition) is 3. The first-order valence-electron chi connectivity index (χ1n) is 7.70. The van der Waals surface area contributed by atoms with Crippen molar-refractivity contribution in [1.82, 2.24) is 15.0 Å². The summed E-state index contributed by atoms with van der Waals surface area (Å²) in [6.45, 7) is 0. The fourth-order valence-electron chi connectivity index (χ4n) is 2.89. The summed E-state index contributed by atoms with van der Waals surface area (Å²) in [5.41, 5.74) is 6.55. The fourth-order valence-corrected chi connectivity index (χ4v) is 2.89. The highest BCUT2D eigenvalue weighted by Gasteiger charge is 2.07. The van der Waals surface area contributed by atoms with Gasteiger partial charge in [-0.15, -0.1) is 0 Å². The summed E-state index contributed by atoms with van der Waals surface area (Å²) < 4.78 is 0. The highest BCUT2D eigenvalue weighted by atomic mass is 14.8. The van der Waals surface area contributed by atoms with Gasteiger partial charge in [-0.05, 0) is 49.2 Å². The predicted molar refractivity (Wildman–Crippen MR) is 85.7 cm³/mol. The van der Waals surface area contributed by atoms with Gasteiger partial charge in [0.2, 0.25) is 0 Å². The van der Waals surface area contributed by atoms with Crippen LogP contribution in [0.15, 0.2) is 54.6 Å². The van der Waals surface area contributed by atoms with Gasteiger partial charge in [-0.3, -0.25) is 15.0 Å². The molecule has 0 amide bonds. The highest BCUT2D eigenvalue weighted by molar-refractivity contribution is 5.24. The molecule has 0 saturated heterocycles. The Morgan fingerprint density at radius 1 is 0.455 bits per heavy atom. The van der Waals surface area contributed by atoms with Crippen LogP contribution in [0.4, 0.5) is 0 Å². The first kappa shape index (κ1) is 13.1. The normalized spacial score (nSPS) is 13.6. The van der Waals surface area contributed by atoms with Crippen LogP contribution in [0.3, 0.4) is 0 Å². The molecule has 0 radical (unpaired) electrons. The van der Waals surface area contributed by atoms with Gasteiger partial charge in [-0.25, -0.2) is 0 Å².